The van der Waals surface area contributed by atoms with Crippen LogP contribution in [0.15, 0.2) is 42.6 Å². The molecule has 1 N–H and O–H groups in total. The normalized spacial score (nSPS) is 13.9. The van der Waals surface area contributed by atoms with Crippen LogP contribution >= 0.6 is 0 Å². The van der Waals surface area contributed by atoms with Gasteiger partial charge in [-0.1, -0.05) is 24.3 Å². The molecule has 2 aromatic rings. The van der Waals surface area contributed by atoms with Crippen molar-refractivity contribution in [3.05, 3.63) is 65.0 Å². The van der Waals surface area contributed by atoms with Gasteiger partial charge in [0.25, 0.3) is 11.8 Å². The zero-order chi connectivity index (χ0) is 20.1. The van der Waals surface area contributed by atoms with E-state index in [4.69, 9.17) is 0 Å². The number of nitrogens with zero attached hydrogens (tertiary/aromatic N) is 3. The monoisotopic (exact) mass is 380 g/mol. The number of amides is 3. The van der Waals surface area contributed by atoms with Crippen LogP contribution in [0.25, 0.3) is 0 Å². The lowest BCUT2D eigenvalue weighted by Gasteiger charge is -2.34. The second-order valence-electron chi connectivity index (χ2n) is 6.84. The van der Waals surface area contributed by atoms with E-state index in [1.54, 1.807) is 15.9 Å². The number of benzene rings is 1. The summed E-state index contributed by atoms with van der Waals surface area (Å²) in [6.45, 7) is 5.89. The Morgan fingerprint density at radius 1 is 1.04 bits per heavy atom. The number of pyridine rings is 1. The number of aryl methyl sites for hydroxylation is 1. The van der Waals surface area contributed by atoms with E-state index in [9.17, 15) is 14.4 Å². The van der Waals surface area contributed by atoms with Crippen LogP contribution in [-0.2, 0) is 11.3 Å². The fourth-order valence-corrected chi connectivity index (χ4v) is 3.16. The van der Waals surface area contributed by atoms with Gasteiger partial charge in [-0.2, -0.15) is 0 Å². The number of hydrogen-bond donors (Lipinski definition) is 1. The molecule has 0 unspecified atom stereocenters. The second kappa shape index (κ2) is 8.65. The zero-order valence-corrected chi connectivity index (χ0v) is 16.1. The molecule has 0 atom stereocenters. The van der Waals surface area contributed by atoms with Crippen molar-refractivity contribution in [1.82, 2.24) is 20.1 Å². The number of piperazine rings is 1. The summed E-state index contributed by atoms with van der Waals surface area (Å²) in [4.78, 5) is 44.1. The molecule has 1 aromatic heterocycles. The minimum absolute atomic E-state index is 0.0116. The quantitative estimate of drug-likeness (QED) is 0.874. The van der Waals surface area contributed by atoms with Crippen molar-refractivity contribution in [2.45, 2.75) is 20.4 Å². The molecule has 1 saturated heterocycles. The number of hydrogen-bond acceptors (Lipinski definition) is 4. The molecule has 0 saturated carbocycles. The van der Waals surface area contributed by atoms with Crippen LogP contribution in [0.4, 0.5) is 0 Å². The van der Waals surface area contributed by atoms with Gasteiger partial charge in [0.05, 0.1) is 0 Å². The molecule has 28 heavy (non-hydrogen) atoms. The van der Waals surface area contributed by atoms with Crippen molar-refractivity contribution < 1.29 is 14.4 Å². The standard InChI is InChI=1S/C21H24N4O3/c1-15-5-3-4-6-18(15)14-23-20(27)17-7-8-22-19(13-17)21(28)25-11-9-24(10-12-25)16(2)26/h3-8,13H,9-12,14H2,1-2H3,(H,23,27). The summed E-state index contributed by atoms with van der Waals surface area (Å²) in [6.07, 6.45) is 1.47. The lowest BCUT2D eigenvalue weighted by Crippen LogP contribution is -2.50. The summed E-state index contributed by atoms with van der Waals surface area (Å²) in [6, 6.07) is 11.0. The summed E-state index contributed by atoms with van der Waals surface area (Å²) in [5.74, 6) is -0.463. The average molecular weight is 380 g/mol. The molecule has 1 aromatic carbocycles. The molecule has 1 aliphatic rings. The van der Waals surface area contributed by atoms with Crippen LogP contribution in [0.5, 0.6) is 0 Å². The Bertz CT molecular complexity index is 889. The molecule has 1 fully saturated rings. The van der Waals surface area contributed by atoms with Crippen LogP contribution in [0.2, 0.25) is 0 Å². The number of carbonyl (C=O) groups excluding carboxylic acids is 3. The molecule has 1 aliphatic heterocycles. The van der Waals surface area contributed by atoms with Gasteiger partial charge < -0.3 is 15.1 Å². The lowest BCUT2D eigenvalue weighted by atomic mass is 10.1. The smallest absolute Gasteiger partial charge is 0.272 e. The summed E-state index contributed by atoms with van der Waals surface area (Å²) in [5.41, 5.74) is 2.79. The predicted octanol–water partition coefficient (Wildman–Crippen LogP) is 1.62. The largest absolute Gasteiger partial charge is 0.348 e. The molecule has 3 rings (SSSR count). The Kier molecular flexibility index (Phi) is 6.03. The van der Waals surface area contributed by atoms with Gasteiger partial charge in [0.15, 0.2) is 0 Å². The van der Waals surface area contributed by atoms with Gasteiger partial charge in [-0.05, 0) is 30.2 Å². The fourth-order valence-electron chi connectivity index (χ4n) is 3.16. The molecular weight excluding hydrogens is 356 g/mol. The highest BCUT2D eigenvalue weighted by molar-refractivity contribution is 5.98. The van der Waals surface area contributed by atoms with E-state index in [0.29, 0.717) is 38.3 Å². The van der Waals surface area contributed by atoms with Gasteiger partial charge in [0.2, 0.25) is 5.91 Å². The lowest BCUT2D eigenvalue weighted by molar-refractivity contribution is -0.130. The van der Waals surface area contributed by atoms with Crippen LogP contribution in [-0.4, -0.2) is 58.7 Å². The number of rotatable bonds is 4. The van der Waals surface area contributed by atoms with Gasteiger partial charge in [-0.3, -0.25) is 19.4 Å². The molecule has 0 spiro atoms. The molecule has 3 amide bonds. The van der Waals surface area contributed by atoms with E-state index in [-0.39, 0.29) is 23.4 Å². The Balaban J connectivity index is 1.63. The topological polar surface area (TPSA) is 82.6 Å². The molecule has 0 aliphatic carbocycles. The van der Waals surface area contributed by atoms with Crippen LogP contribution in [0.1, 0.15) is 38.9 Å². The third-order valence-corrected chi connectivity index (χ3v) is 4.95. The van der Waals surface area contributed by atoms with Crippen molar-refractivity contribution in [2.75, 3.05) is 26.2 Å². The van der Waals surface area contributed by atoms with E-state index in [0.717, 1.165) is 11.1 Å². The van der Waals surface area contributed by atoms with E-state index in [2.05, 4.69) is 10.3 Å². The van der Waals surface area contributed by atoms with E-state index in [1.807, 2.05) is 31.2 Å². The maximum atomic E-state index is 12.7. The van der Waals surface area contributed by atoms with Gasteiger partial charge in [0, 0.05) is 51.4 Å². The molecular formula is C21H24N4O3. The van der Waals surface area contributed by atoms with Crippen molar-refractivity contribution in [1.29, 1.82) is 0 Å². The summed E-state index contributed by atoms with van der Waals surface area (Å²) < 4.78 is 0. The van der Waals surface area contributed by atoms with Gasteiger partial charge in [-0.15, -0.1) is 0 Å². The highest BCUT2D eigenvalue weighted by atomic mass is 16.2. The van der Waals surface area contributed by atoms with Crippen LogP contribution < -0.4 is 5.32 Å². The van der Waals surface area contributed by atoms with Crippen molar-refractivity contribution in [3.63, 3.8) is 0 Å². The van der Waals surface area contributed by atoms with E-state index in [1.165, 1.54) is 19.2 Å². The Hall–Kier alpha value is -3.22. The van der Waals surface area contributed by atoms with Gasteiger partial charge >= 0.3 is 0 Å². The summed E-state index contributed by atoms with van der Waals surface area (Å²) in [7, 11) is 0. The maximum Gasteiger partial charge on any atom is 0.272 e. The molecule has 0 radical (unpaired) electrons. The Morgan fingerprint density at radius 3 is 2.39 bits per heavy atom. The van der Waals surface area contributed by atoms with Crippen LogP contribution in [0, 0.1) is 6.92 Å². The molecule has 2 heterocycles. The van der Waals surface area contributed by atoms with Crippen molar-refractivity contribution in [3.8, 4) is 0 Å². The minimum Gasteiger partial charge on any atom is -0.348 e. The third-order valence-electron chi connectivity index (χ3n) is 4.95. The average Bonchev–Trinajstić information content (AvgIpc) is 2.72. The number of carbonyl (C=O) groups is 3. The maximum absolute atomic E-state index is 12.7. The first-order valence-electron chi connectivity index (χ1n) is 9.29. The highest BCUT2D eigenvalue weighted by Gasteiger charge is 2.24. The molecule has 0 bridgehead atoms. The Labute approximate surface area is 164 Å². The van der Waals surface area contributed by atoms with Gasteiger partial charge in [0.1, 0.15) is 5.69 Å². The second-order valence-corrected chi connectivity index (χ2v) is 6.84. The van der Waals surface area contributed by atoms with Crippen LogP contribution in [0.3, 0.4) is 0 Å². The Morgan fingerprint density at radius 2 is 1.71 bits per heavy atom. The first-order valence-corrected chi connectivity index (χ1v) is 9.29. The third kappa shape index (κ3) is 4.54. The fraction of sp³-hybridized carbons (Fsp3) is 0.333. The molecule has 7 heteroatoms. The first kappa shape index (κ1) is 19.5. The van der Waals surface area contributed by atoms with E-state index < -0.39 is 0 Å². The zero-order valence-electron chi connectivity index (χ0n) is 16.1. The minimum atomic E-state index is -0.249. The number of aromatic nitrogens is 1. The summed E-state index contributed by atoms with van der Waals surface area (Å²) >= 11 is 0. The summed E-state index contributed by atoms with van der Waals surface area (Å²) in [5, 5.41) is 2.88. The first-order chi connectivity index (χ1) is 13.5. The predicted molar refractivity (Wildman–Crippen MR) is 105 cm³/mol. The van der Waals surface area contributed by atoms with Gasteiger partial charge in [-0.25, -0.2) is 0 Å². The molecule has 146 valence electrons. The van der Waals surface area contributed by atoms with Crippen molar-refractivity contribution >= 4 is 17.7 Å². The van der Waals surface area contributed by atoms with Crippen molar-refractivity contribution in [2.24, 2.45) is 0 Å². The van der Waals surface area contributed by atoms with E-state index >= 15 is 0 Å². The molecule has 7 nitrogen and oxygen atoms in total. The number of nitrogens with one attached hydrogen (secondary N) is 1. The SMILES string of the molecule is CC(=O)N1CCN(C(=O)c2cc(C(=O)NCc3ccccc3C)ccn2)CC1. The highest BCUT2D eigenvalue weighted by Crippen LogP contribution is 2.10.